The molecule has 0 aliphatic heterocycles. The van der Waals surface area contributed by atoms with Crippen molar-refractivity contribution in [1.82, 2.24) is 0 Å². The van der Waals surface area contributed by atoms with Crippen molar-refractivity contribution in [3.8, 4) is 0 Å². The molecule has 1 atom stereocenters. The van der Waals surface area contributed by atoms with Crippen molar-refractivity contribution in [2.45, 2.75) is 46.1 Å². The number of hydrogen-bond acceptors (Lipinski definition) is 2. The van der Waals surface area contributed by atoms with E-state index >= 15 is 0 Å². The molecule has 2 heteroatoms. The van der Waals surface area contributed by atoms with Crippen LogP contribution in [0.5, 0.6) is 0 Å². The molecule has 0 saturated carbocycles. The summed E-state index contributed by atoms with van der Waals surface area (Å²) in [5.41, 5.74) is 0.990. The second kappa shape index (κ2) is 5.19. The summed E-state index contributed by atoms with van der Waals surface area (Å²) in [7, 11) is 0. The lowest BCUT2D eigenvalue weighted by Gasteiger charge is -2.40. The van der Waals surface area contributed by atoms with Crippen molar-refractivity contribution in [2.24, 2.45) is 5.41 Å². The predicted octanol–water partition coefficient (Wildman–Crippen LogP) is 3.00. The molecule has 0 bridgehead atoms. The van der Waals surface area contributed by atoms with Gasteiger partial charge in [0, 0.05) is 6.61 Å². The first kappa shape index (κ1) is 14.2. The molecule has 1 unspecified atom stereocenters. The molecule has 0 amide bonds. The number of aliphatic hydroxyl groups excluding tert-OH is 1. The van der Waals surface area contributed by atoms with Gasteiger partial charge < -0.3 is 10.2 Å². The Kier molecular flexibility index (Phi) is 4.34. The molecule has 96 valence electrons. The minimum atomic E-state index is -0.879. The normalized spacial score (nSPS) is 15.6. The molecule has 0 aliphatic rings. The van der Waals surface area contributed by atoms with E-state index in [1.54, 1.807) is 0 Å². The molecular formula is C15H24O2. The van der Waals surface area contributed by atoms with Gasteiger partial charge in [0.15, 0.2) is 0 Å². The summed E-state index contributed by atoms with van der Waals surface area (Å²) in [4.78, 5) is 0. The fourth-order valence-electron chi connectivity index (χ4n) is 2.03. The van der Waals surface area contributed by atoms with E-state index in [0.29, 0.717) is 0 Å². The maximum absolute atomic E-state index is 10.7. The molecule has 0 heterocycles. The highest BCUT2D eigenvalue weighted by Crippen LogP contribution is 2.42. The first-order valence-corrected chi connectivity index (χ1v) is 6.21. The summed E-state index contributed by atoms with van der Waals surface area (Å²) in [5, 5.41) is 19.7. The van der Waals surface area contributed by atoms with Gasteiger partial charge in [0.25, 0.3) is 0 Å². The van der Waals surface area contributed by atoms with E-state index in [0.717, 1.165) is 18.4 Å². The highest BCUT2D eigenvalue weighted by atomic mass is 16.3. The minimum Gasteiger partial charge on any atom is -0.396 e. The van der Waals surface area contributed by atoms with E-state index < -0.39 is 5.60 Å². The summed E-state index contributed by atoms with van der Waals surface area (Å²) in [6, 6.07) is 8.00. The highest BCUT2D eigenvalue weighted by Gasteiger charge is 2.39. The van der Waals surface area contributed by atoms with Gasteiger partial charge in [0.1, 0.15) is 0 Å². The van der Waals surface area contributed by atoms with E-state index in [1.165, 1.54) is 5.56 Å². The zero-order chi connectivity index (χ0) is 13.1. The number of benzene rings is 1. The van der Waals surface area contributed by atoms with Crippen LogP contribution < -0.4 is 0 Å². The molecule has 0 fully saturated rings. The number of hydrogen-bond donors (Lipinski definition) is 2. The molecule has 1 rings (SSSR count). The van der Waals surface area contributed by atoms with Gasteiger partial charge in [-0.3, -0.25) is 0 Å². The molecule has 1 aromatic rings. The van der Waals surface area contributed by atoms with Crippen LogP contribution in [0.25, 0.3) is 0 Å². The summed E-state index contributed by atoms with van der Waals surface area (Å²) < 4.78 is 0. The van der Waals surface area contributed by atoms with E-state index in [9.17, 15) is 5.11 Å². The second-order valence-electron chi connectivity index (χ2n) is 5.65. The second-order valence-corrected chi connectivity index (χ2v) is 5.65. The summed E-state index contributed by atoms with van der Waals surface area (Å²) in [6.45, 7) is 8.16. The quantitative estimate of drug-likeness (QED) is 0.825. The number of aryl methyl sites for hydroxylation is 1. The third-order valence-corrected chi connectivity index (χ3v) is 3.89. The third-order valence-electron chi connectivity index (χ3n) is 3.89. The van der Waals surface area contributed by atoms with Crippen LogP contribution in [0, 0.1) is 12.3 Å². The Labute approximate surface area is 104 Å². The largest absolute Gasteiger partial charge is 0.396 e. The maximum Gasteiger partial charge on any atom is 0.0919 e. The van der Waals surface area contributed by atoms with Gasteiger partial charge >= 0.3 is 0 Å². The van der Waals surface area contributed by atoms with Gasteiger partial charge in [-0.1, -0.05) is 43.7 Å². The predicted molar refractivity (Wildman–Crippen MR) is 70.9 cm³/mol. The van der Waals surface area contributed by atoms with Gasteiger partial charge in [-0.25, -0.2) is 0 Å². The lowest BCUT2D eigenvalue weighted by molar-refractivity contribution is -0.0640. The summed E-state index contributed by atoms with van der Waals surface area (Å²) in [6.07, 6.45) is 1.51. The van der Waals surface area contributed by atoms with Crippen LogP contribution in [-0.4, -0.2) is 16.8 Å². The zero-order valence-electron chi connectivity index (χ0n) is 11.3. The van der Waals surface area contributed by atoms with Crippen LogP contribution in [-0.2, 0) is 5.60 Å². The van der Waals surface area contributed by atoms with E-state index in [1.807, 2.05) is 52.0 Å². The Morgan fingerprint density at radius 2 is 1.59 bits per heavy atom. The van der Waals surface area contributed by atoms with Gasteiger partial charge in [-0.2, -0.15) is 0 Å². The van der Waals surface area contributed by atoms with Gasteiger partial charge in [-0.15, -0.1) is 0 Å². The topological polar surface area (TPSA) is 40.5 Å². The Bertz CT molecular complexity index is 350. The average Bonchev–Trinajstić information content (AvgIpc) is 2.27. The fraction of sp³-hybridized carbons (Fsp3) is 0.600. The Morgan fingerprint density at radius 1 is 1.06 bits per heavy atom. The van der Waals surface area contributed by atoms with Crippen molar-refractivity contribution < 1.29 is 10.2 Å². The molecular weight excluding hydrogens is 212 g/mol. The van der Waals surface area contributed by atoms with Crippen molar-refractivity contribution in [2.75, 3.05) is 6.61 Å². The van der Waals surface area contributed by atoms with Crippen LogP contribution in [0.15, 0.2) is 24.3 Å². The average molecular weight is 236 g/mol. The third kappa shape index (κ3) is 3.08. The molecule has 0 aromatic heterocycles. The molecule has 0 aliphatic carbocycles. The monoisotopic (exact) mass is 236 g/mol. The lowest BCUT2D eigenvalue weighted by atomic mass is 9.69. The summed E-state index contributed by atoms with van der Waals surface area (Å²) >= 11 is 0. The Hall–Kier alpha value is -0.860. The molecule has 2 N–H and O–H groups in total. The standard InChI is InChI=1S/C15H24O2/c1-12-6-8-13(9-7-12)15(4,17)14(2,3)10-5-11-16/h6-9,16-17H,5,10-11H2,1-4H3. The summed E-state index contributed by atoms with van der Waals surface area (Å²) in [5.74, 6) is 0. The van der Waals surface area contributed by atoms with E-state index in [2.05, 4.69) is 0 Å². The maximum atomic E-state index is 10.7. The van der Waals surface area contributed by atoms with Crippen LogP contribution in [0.3, 0.4) is 0 Å². The number of rotatable bonds is 5. The number of aliphatic hydroxyl groups is 2. The smallest absolute Gasteiger partial charge is 0.0919 e. The van der Waals surface area contributed by atoms with Crippen LogP contribution in [0.4, 0.5) is 0 Å². The zero-order valence-corrected chi connectivity index (χ0v) is 11.3. The Balaban J connectivity index is 2.96. The first-order chi connectivity index (χ1) is 7.81. The van der Waals surface area contributed by atoms with Crippen LogP contribution >= 0.6 is 0 Å². The van der Waals surface area contributed by atoms with Gasteiger partial charge in [0.2, 0.25) is 0 Å². The Morgan fingerprint density at radius 3 is 2.06 bits per heavy atom. The lowest BCUT2D eigenvalue weighted by Crippen LogP contribution is -2.39. The van der Waals surface area contributed by atoms with Gasteiger partial charge in [0.05, 0.1) is 5.60 Å². The molecule has 0 saturated heterocycles. The van der Waals surface area contributed by atoms with Crippen molar-refractivity contribution in [3.05, 3.63) is 35.4 Å². The first-order valence-electron chi connectivity index (χ1n) is 6.21. The van der Waals surface area contributed by atoms with Crippen LogP contribution in [0.2, 0.25) is 0 Å². The van der Waals surface area contributed by atoms with Gasteiger partial charge in [-0.05, 0) is 37.7 Å². The molecule has 2 nitrogen and oxygen atoms in total. The van der Waals surface area contributed by atoms with Crippen molar-refractivity contribution in [1.29, 1.82) is 0 Å². The molecule has 17 heavy (non-hydrogen) atoms. The minimum absolute atomic E-state index is 0.174. The molecule has 0 radical (unpaired) electrons. The highest BCUT2D eigenvalue weighted by molar-refractivity contribution is 5.27. The van der Waals surface area contributed by atoms with E-state index in [4.69, 9.17) is 5.11 Å². The van der Waals surface area contributed by atoms with Crippen LogP contribution in [0.1, 0.15) is 44.7 Å². The van der Waals surface area contributed by atoms with Crippen molar-refractivity contribution in [3.63, 3.8) is 0 Å². The molecule has 1 aromatic carbocycles. The fourth-order valence-corrected chi connectivity index (χ4v) is 2.03. The van der Waals surface area contributed by atoms with Crippen molar-refractivity contribution >= 4 is 0 Å². The molecule has 0 spiro atoms. The van der Waals surface area contributed by atoms with E-state index in [-0.39, 0.29) is 12.0 Å². The SMILES string of the molecule is Cc1ccc(C(C)(O)C(C)(C)CCCO)cc1.